The predicted octanol–water partition coefficient (Wildman–Crippen LogP) is 5.29. The van der Waals surface area contributed by atoms with E-state index in [1.807, 2.05) is 30.3 Å². The number of aliphatic imine (C=N–C) groups is 1. The summed E-state index contributed by atoms with van der Waals surface area (Å²) in [6.45, 7) is 0.185. The van der Waals surface area contributed by atoms with Gasteiger partial charge in [-0.25, -0.2) is 9.79 Å². The minimum atomic E-state index is -0.539. The normalized spacial score (nSPS) is 14.1. The maximum atomic E-state index is 12.3. The molecule has 4 rings (SSSR count). The molecule has 0 fully saturated rings. The summed E-state index contributed by atoms with van der Waals surface area (Å²) in [6, 6.07) is 18.8. The van der Waals surface area contributed by atoms with E-state index in [9.17, 15) is 14.9 Å². The van der Waals surface area contributed by atoms with Crippen LogP contribution >= 0.6 is 15.9 Å². The maximum Gasteiger partial charge on any atom is 0.363 e. The second kappa shape index (κ2) is 9.66. The molecule has 0 unspecified atom stereocenters. The molecule has 1 aliphatic rings. The summed E-state index contributed by atoms with van der Waals surface area (Å²) in [5, 5.41) is 10.8. The third-order valence-corrected chi connectivity index (χ3v) is 5.32. The fourth-order valence-electron chi connectivity index (χ4n) is 3.10. The van der Waals surface area contributed by atoms with E-state index >= 15 is 0 Å². The average molecular weight is 509 g/mol. The van der Waals surface area contributed by atoms with Crippen LogP contribution in [0.5, 0.6) is 11.5 Å². The van der Waals surface area contributed by atoms with Crippen molar-refractivity contribution in [2.24, 2.45) is 4.99 Å². The van der Waals surface area contributed by atoms with Crippen molar-refractivity contribution in [2.45, 2.75) is 6.61 Å². The molecule has 0 radical (unpaired) electrons. The molecule has 0 N–H and O–H groups in total. The van der Waals surface area contributed by atoms with Crippen molar-refractivity contribution < 1.29 is 23.9 Å². The number of ether oxygens (including phenoxy) is 3. The van der Waals surface area contributed by atoms with E-state index in [0.29, 0.717) is 27.1 Å². The first-order valence-corrected chi connectivity index (χ1v) is 10.6. The first kappa shape index (κ1) is 22.2. The molecule has 33 heavy (non-hydrogen) atoms. The Morgan fingerprint density at radius 1 is 1.12 bits per heavy atom. The summed E-state index contributed by atoms with van der Waals surface area (Å²) in [6.07, 6.45) is 1.60. The summed E-state index contributed by atoms with van der Waals surface area (Å²) in [7, 11) is 1.51. The third-order valence-electron chi connectivity index (χ3n) is 4.73. The van der Waals surface area contributed by atoms with Gasteiger partial charge >= 0.3 is 5.97 Å². The summed E-state index contributed by atoms with van der Waals surface area (Å²) < 4.78 is 17.2. The van der Waals surface area contributed by atoms with E-state index in [-0.39, 0.29) is 23.9 Å². The van der Waals surface area contributed by atoms with Crippen LogP contribution in [0.15, 0.2) is 81.9 Å². The van der Waals surface area contributed by atoms with Crippen molar-refractivity contribution in [3.8, 4) is 11.5 Å². The highest BCUT2D eigenvalue weighted by molar-refractivity contribution is 9.10. The van der Waals surface area contributed by atoms with E-state index < -0.39 is 10.9 Å². The van der Waals surface area contributed by atoms with E-state index in [1.165, 1.54) is 19.2 Å². The molecule has 0 aromatic heterocycles. The Balaban J connectivity index is 1.55. The van der Waals surface area contributed by atoms with Crippen molar-refractivity contribution in [3.63, 3.8) is 0 Å². The van der Waals surface area contributed by atoms with Crippen molar-refractivity contribution in [2.75, 3.05) is 7.11 Å². The van der Waals surface area contributed by atoms with Crippen LogP contribution in [0, 0.1) is 10.1 Å². The summed E-state index contributed by atoms with van der Waals surface area (Å²) in [5.74, 6) is 0.612. The van der Waals surface area contributed by atoms with Crippen molar-refractivity contribution in [3.05, 3.63) is 104 Å². The number of esters is 1. The summed E-state index contributed by atoms with van der Waals surface area (Å²) in [5.41, 5.74) is 2.31. The van der Waals surface area contributed by atoms with Crippen molar-refractivity contribution in [1.82, 2.24) is 0 Å². The highest BCUT2D eigenvalue weighted by Crippen LogP contribution is 2.38. The van der Waals surface area contributed by atoms with Gasteiger partial charge < -0.3 is 14.2 Å². The zero-order chi connectivity index (χ0) is 23.4. The molecule has 0 bridgehead atoms. The average Bonchev–Trinajstić information content (AvgIpc) is 3.19. The van der Waals surface area contributed by atoms with E-state index in [4.69, 9.17) is 14.2 Å². The molecule has 0 saturated carbocycles. The fourth-order valence-corrected chi connectivity index (χ4v) is 3.68. The lowest BCUT2D eigenvalue weighted by atomic mass is 10.1. The van der Waals surface area contributed by atoms with Gasteiger partial charge in [0.15, 0.2) is 17.2 Å². The number of hydrogen-bond donors (Lipinski definition) is 0. The molecule has 1 aliphatic heterocycles. The third kappa shape index (κ3) is 5.09. The number of benzene rings is 3. The predicted molar refractivity (Wildman–Crippen MR) is 125 cm³/mol. The van der Waals surface area contributed by atoms with E-state index in [1.54, 1.807) is 30.3 Å². The number of nitro groups is 1. The topological polar surface area (TPSA) is 100 Å². The Labute approximate surface area is 197 Å². The summed E-state index contributed by atoms with van der Waals surface area (Å²) >= 11 is 3.48. The van der Waals surface area contributed by atoms with Crippen LogP contribution in [0.1, 0.15) is 16.7 Å². The molecule has 0 spiro atoms. The second-order valence-corrected chi connectivity index (χ2v) is 7.80. The van der Waals surface area contributed by atoms with Crippen LogP contribution in [0.3, 0.4) is 0 Å². The Morgan fingerprint density at radius 2 is 1.85 bits per heavy atom. The van der Waals surface area contributed by atoms with Crippen LogP contribution in [0.25, 0.3) is 6.08 Å². The molecule has 3 aromatic carbocycles. The fraction of sp³-hybridized carbons (Fsp3) is 0.0833. The smallest absolute Gasteiger partial charge is 0.363 e. The SMILES string of the molecule is COc1cc(C=C2N=C(c3ccccc3)OC2=O)cc(Br)c1OCc1ccc([N+](=O)[O-])cc1. The maximum absolute atomic E-state index is 12.3. The lowest BCUT2D eigenvalue weighted by Crippen LogP contribution is -2.05. The van der Waals surface area contributed by atoms with Crippen molar-refractivity contribution in [1.29, 1.82) is 0 Å². The summed E-state index contributed by atoms with van der Waals surface area (Å²) in [4.78, 5) is 26.9. The molecule has 0 saturated heterocycles. The van der Waals surface area contributed by atoms with Gasteiger partial charge in [0.1, 0.15) is 6.61 Å². The lowest BCUT2D eigenvalue weighted by molar-refractivity contribution is -0.384. The highest BCUT2D eigenvalue weighted by atomic mass is 79.9. The molecule has 3 aromatic rings. The Morgan fingerprint density at radius 3 is 2.52 bits per heavy atom. The number of nitrogens with zero attached hydrogens (tertiary/aromatic N) is 2. The van der Waals surface area contributed by atoms with Gasteiger partial charge in [-0.05, 0) is 69.5 Å². The van der Waals surface area contributed by atoms with Gasteiger partial charge in [-0.1, -0.05) is 18.2 Å². The molecular weight excluding hydrogens is 492 g/mol. The molecular formula is C24H17BrN2O6. The zero-order valence-electron chi connectivity index (χ0n) is 17.4. The van der Waals surface area contributed by atoms with Gasteiger partial charge in [-0.3, -0.25) is 10.1 Å². The van der Waals surface area contributed by atoms with Crippen LogP contribution < -0.4 is 9.47 Å². The largest absolute Gasteiger partial charge is 0.493 e. The number of hydrogen-bond acceptors (Lipinski definition) is 7. The second-order valence-electron chi connectivity index (χ2n) is 6.95. The number of non-ortho nitro benzene ring substituents is 1. The molecule has 0 amide bonds. The van der Waals surface area contributed by atoms with Crippen LogP contribution in [0.4, 0.5) is 5.69 Å². The van der Waals surface area contributed by atoms with Gasteiger partial charge in [-0.2, -0.15) is 0 Å². The first-order valence-electron chi connectivity index (χ1n) is 9.76. The molecule has 166 valence electrons. The van der Waals surface area contributed by atoms with E-state index in [0.717, 1.165) is 5.56 Å². The van der Waals surface area contributed by atoms with Crippen LogP contribution in [0.2, 0.25) is 0 Å². The highest BCUT2D eigenvalue weighted by Gasteiger charge is 2.24. The zero-order valence-corrected chi connectivity index (χ0v) is 18.9. The number of methoxy groups -OCH3 is 1. The molecule has 0 atom stereocenters. The quantitative estimate of drug-likeness (QED) is 0.186. The van der Waals surface area contributed by atoms with Gasteiger partial charge in [0.2, 0.25) is 5.90 Å². The van der Waals surface area contributed by atoms with E-state index in [2.05, 4.69) is 20.9 Å². The minimum absolute atomic E-state index is 0.0124. The number of cyclic esters (lactones) is 1. The van der Waals surface area contributed by atoms with Crippen LogP contribution in [-0.4, -0.2) is 23.9 Å². The number of halogens is 1. The first-order chi connectivity index (χ1) is 15.9. The number of carbonyl (C=O) groups excluding carboxylic acids is 1. The monoisotopic (exact) mass is 508 g/mol. The Bertz CT molecular complexity index is 1270. The molecule has 0 aliphatic carbocycles. The number of rotatable bonds is 7. The molecule has 8 nitrogen and oxygen atoms in total. The Hall–Kier alpha value is -3.98. The van der Waals surface area contributed by atoms with Crippen molar-refractivity contribution >= 4 is 39.6 Å². The number of carbonyl (C=O) groups is 1. The van der Waals surface area contributed by atoms with Crippen LogP contribution in [-0.2, 0) is 16.1 Å². The lowest BCUT2D eigenvalue weighted by Gasteiger charge is -2.13. The van der Waals surface area contributed by atoms with Gasteiger partial charge in [-0.15, -0.1) is 0 Å². The standard InChI is InChI=1S/C24H17BrN2O6/c1-31-21-13-16(12-20-24(28)33-23(26-20)17-5-3-2-4-6-17)11-19(25)22(21)32-14-15-7-9-18(10-8-15)27(29)30/h2-13H,14H2,1H3. The molecule has 1 heterocycles. The van der Waals surface area contributed by atoms with Gasteiger partial charge in [0.25, 0.3) is 5.69 Å². The van der Waals surface area contributed by atoms with Gasteiger partial charge in [0.05, 0.1) is 16.5 Å². The van der Waals surface area contributed by atoms with Gasteiger partial charge in [0, 0.05) is 17.7 Å². The molecule has 9 heteroatoms. The number of nitro benzene ring substituents is 1. The Kier molecular flexibility index (Phi) is 6.50. The minimum Gasteiger partial charge on any atom is -0.493 e.